The van der Waals surface area contributed by atoms with Crippen molar-refractivity contribution in [1.82, 2.24) is 9.88 Å². The maximum absolute atomic E-state index is 13.7. The van der Waals surface area contributed by atoms with Crippen molar-refractivity contribution in [3.63, 3.8) is 0 Å². The molecule has 0 aliphatic carbocycles. The van der Waals surface area contributed by atoms with Gasteiger partial charge in [-0.05, 0) is 42.0 Å². The zero-order valence-electron chi connectivity index (χ0n) is 22.2. The number of carbonyl (C=O) groups is 1. The van der Waals surface area contributed by atoms with Crippen molar-refractivity contribution in [1.29, 1.82) is 5.26 Å². The second-order valence-electron chi connectivity index (χ2n) is 9.05. The van der Waals surface area contributed by atoms with E-state index >= 15 is 0 Å². The van der Waals surface area contributed by atoms with E-state index in [0.29, 0.717) is 69.6 Å². The fraction of sp³-hybridized carbons (Fsp3) is 0.250. The molecule has 1 amide bonds. The summed E-state index contributed by atoms with van der Waals surface area (Å²) in [7, 11) is 4.49. The number of amides is 1. The molecule has 0 spiro atoms. The summed E-state index contributed by atoms with van der Waals surface area (Å²) in [6, 6.07) is 11.8. The van der Waals surface area contributed by atoms with Gasteiger partial charge in [0.15, 0.2) is 11.5 Å². The molecule has 0 atom stereocenters. The third kappa shape index (κ3) is 4.54. The monoisotopic (exact) mass is 562 g/mol. The predicted molar refractivity (Wildman–Crippen MR) is 153 cm³/mol. The molecule has 3 heterocycles. The first-order valence-electron chi connectivity index (χ1n) is 12.3. The highest BCUT2D eigenvalue weighted by Crippen LogP contribution is 2.47. The lowest BCUT2D eigenvalue weighted by Gasteiger charge is -2.36. The number of carbonyl (C=O) groups excluding carboxylic acids is 1. The van der Waals surface area contributed by atoms with E-state index in [1.807, 2.05) is 0 Å². The molecule has 0 bridgehead atoms. The number of nitrogen functional groups attached to an aromatic ring is 2. The zero-order chi connectivity index (χ0) is 28.6. The number of nitrogens with zero attached hydrogens (tertiary/aromatic N) is 4. The molecular formula is C28H27FN6O4S. The maximum Gasteiger partial charge on any atom is 0.266 e. The summed E-state index contributed by atoms with van der Waals surface area (Å²) in [5, 5.41) is 10.5. The molecule has 206 valence electrons. The summed E-state index contributed by atoms with van der Waals surface area (Å²) < 4.78 is 29.8. The van der Waals surface area contributed by atoms with Crippen molar-refractivity contribution < 1.29 is 23.4 Å². The average Bonchev–Trinajstić information content (AvgIpc) is 3.30. The van der Waals surface area contributed by atoms with Gasteiger partial charge in [0.25, 0.3) is 5.91 Å². The number of thiophene rings is 1. The van der Waals surface area contributed by atoms with Gasteiger partial charge < -0.3 is 35.5 Å². The molecule has 2 aromatic heterocycles. The van der Waals surface area contributed by atoms with Crippen molar-refractivity contribution in [2.75, 3.05) is 63.9 Å². The molecule has 12 heteroatoms. The van der Waals surface area contributed by atoms with Gasteiger partial charge in [0, 0.05) is 42.8 Å². The molecule has 1 aliphatic heterocycles. The van der Waals surface area contributed by atoms with Crippen LogP contribution < -0.4 is 30.6 Å². The lowest BCUT2D eigenvalue weighted by molar-refractivity contribution is 0.0752. The van der Waals surface area contributed by atoms with Crippen LogP contribution in [0.2, 0.25) is 0 Å². The number of fused-ring (bicyclic) bond motifs is 1. The molecule has 1 fully saturated rings. The molecule has 5 rings (SSSR count). The molecule has 0 radical (unpaired) electrons. The number of halogens is 1. The molecule has 40 heavy (non-hydrogen) atoms. The van der Waals surface area contributed by atoms with Crippen LogP contribution in [0, 0.1) is 17.1 Å². The van der Waals surface area contributed by atoms with Crippen LogP contribution >= 0.6 is 11.3 Å². The van der Waals surface area contributed by atoms with E-state index in [2.05, 4.69) is 16.0 Å². The zero-order valence-corrected chi connectivity index (χ0v) is 23.0. The Balaban J connectivity index is 1.55. The third-order valence-corrected chi connectivity index (χ3v) is 8.01. The SMILES string of the molecule is COc1cc(-c2c(C#N)c(N)nc3sc(C(=O)N4CCN(c5ccc(F)cc5)CC4)c(N)c23)cc(OC)c1OC. The van der Waals surface area contributed by atoms with Crippen molar-refractivity contribution in [3.8, 4) is 34.4 Å². The van der Waals surface area contributed by atoms with Gasteiger partial charge in [0.1, 0.15) is 33.0 Å². The average molecular weight is 563 g/mol. The van der Waals surface area contributed by atoms with Crippen LogP contribution in [0.5, 0.6) is 17.2 Å². The summed E-state index contributed by atoms with van der Waals surface area (Å²) in [5.74, 6) is 0.651. The summed E-state index contributed by atoms with van der Waals surface area (Å²) in [6.07, 6.45) is 0. The minimum Gasteiger partial charge on any atom is -0.493 e. The Morgan fingerprint density at radius 3 is 2.20 bits per heavy atom. The minimum absolute atomic E-state index is 0.0203. The Kier molecular flexibility index (Phi) is 7.23. The first kappa shape index (κ1) is 26.8. The second-order valence-corrected chi connectivity index (χ2v) is 10.1. The van der Waals surface area contributed by atoms with E-state index in [1.165, 1.54) is 33.5 Å². The second kappa shape index (κ2) is 10.8. The molecule has 4 N–H and O–H groups in total. The molecule has 1 aliphatic rings. The Labute approximate surface area is 234 Å². The summed E-state index contributed by atoms with van der Waals surface area (Å²) >= 11 is 1.13. The van der Waals surface area contributed by atoms with Crippen LogP contribution in [0.3, 0.4) is 0 Å². The highest BCUT2D eigenvalue weighted by molar-refractivity contribution is 7.21. The molecule has 4 aromatic rings. The highest BCUT2D eigenvalue weighted by Gasteiger charge is 2.29. The van der Waals surface area contributed by atoms with Crippen LogP contribution in [-0.2, 0) is 0 Å². The van der Waals surface area contributed by atoms with E-state index < -0.39 is 0 Å². The van der Waals surface area contributed by atoms with Crippen molar-refractivity contribution in [2.45, 2.75) is 0 Å². The van der Waals surface area contributed by atoms with E-state index in [4.69, 9.17) is 25.7 Å². The number of hydrogen-bond donors (Lipinski definition) is 2. The van der Waals surface area contributed by atoms with Gasteiger partial charge in [-0.25, -0.2) is 9.37 Å². The van der Waals surface area contributed by atoms with Crippen LogP contribution in [-0.4, -0.2) is 63.3 Å². The molecule has 2 aromatic carbocycles. The first-order valence-corrected chi connectivity index (χ1v) is 13.1. The van der Waals surface area contributed by atoms with E-state index in [1.54, 1.807) is 29.2 Å². The fourth-order valence-corrected chi connectivity index (χ4v) is 6.00. The standard InChI is InChI=1S/C28H27FN6O4S/c1-37-19-12-15(13-20(38-2)24(19)39-3)21-18(14-30)26(32)33-27-22(21)23(31)25(40-27)28(36)35-10-8-34(9-11-35)17-6-4-16(29)5-7-17/h4-7,12-13H,8-11,31H2,1-3H3,(H2,32,33). The predicted octanol–water partition coefficient (Wildman–Crippen LogP) is 4.13. The summed E-state index contributed by atoms with van der Waals surface area (Å²) in [6.45, 7) is 2.09. The van der Waals surface area contributed by atoms with Crippen LogP contribution in [0.1, 0.15) is 15.2 Å². The van der Waals surface area contributed by atoms with Crippen molar-refractivity contribution in [3.05, 3.63) is 52.7 Å². The van der Waals surface area contributed by atoms with Gasteiger partial charge >= 0.3 is 0 Å². The number of ether oxygens (including phenoxy) is 3. The smallest absolute Gasteiger partial charge is 0.266 e. The van der Waals surface area contributed by atoms with Gasteiger partial charge in [-0.15, -0.1) is 11.3 Å². The number of pyridine rings is 1. The Hall–Kier alpha value is -4.76. The van der Waals surface area contributed by atoms with E-state index in [0.717, 1.165) is 17.0 Å². The first-order chi connectivity index (χ1) is 19.3. The van der Waals surface area contributed by atoms with Crippen molar-refractivity contribution >= 4 is 44.7 Å². The van der Waals surface area contributed by atoms with E-state index in [-0.39, 0.29) is 28.8 Å². The van der Waals surface area contributed by atoms with Gasteiger partial charge in [-0.1, -0.05) is 0 Å². The Morgan fingerprint density at radius 2 is 1.65 bits per heavy atom. The van der Waals surface area contributed by atoms with Crippen LogP contribution in [0.4, 0.5) is 21.6 Å². The number of aromatic nitrogens is 1. The molecule has 0 unspecified atom stereocenters. The van der Waals surface area contributed by atoms with Crippen LogP contribution in [0.15, 0.2) is 36.4 Å². The normalized spacial score (nSPS) is 13.3. The number of nitriles is 1. The van der Waals surface area contributed by atoms with Gasteiger partial charge in [0.05, 0.1) is 27.0 Å². The maximum atomic E-state index is 13.7. The number of nitrogens with two attached hydrogens (primary N) is 2. The molecular weight excluding hydrogens is 535 g/mol. The van der Waals surface area contributed by atoms with Crippen molar-refractivity contribution in [2.24, 2.45) is 0 Å². The van der Waals surface area contributed by atoms with Gasteiger partial charge in [-0.2, -0.15) is 5.26 Å². The molecule has 0 saturated carbocycles. The number of anilines is 3. The Bertz CT molecular complexity index is 1620. The van der Waals surface area contributed by atoms with Gasteiger partial charge in [0.2, 0.25) is 5.75 Å². The van der Waals surface area contributed by atoms with E-state index in [9.17, 15) is 14.4 Å². The quantitative estimate of drug-likeness (QED) is 0.355. The number of hydrogen-bond acceptors (Lipinski definition) is 10. The number of rotatable bonds is 6. The van der Waals surface area contributed by atoms with Crippen LogP contribution in [0.25, 0.3) is 21.3 Å². The Morgan fingerprint density at radius 1 is 1.02 bits per heavy atom. The lowest BCUT2D eigenvalue weighted by Crippen LogP contribution is -2.48. The molecule has 1 saturated heterocycles. The third-order valence-electron chi connectivity index (χ3n) is 6.92. The number of benzene rings is 2. The number of methoxy groups -OCH3 is 3. The largest absolute Gasteiger partial charge is 0.493 e. The minimum atomic E-state index is -0.294. The van der Waals surface area contributed by atoms with Gasteiger partial charge in [-0.3, -0.25) is 4.79 Å². The highest BCUT2D eigenvalue weighted by atomic mass is 32.1. The number of piperazine rings is 1. The topological polar surface area (TPSA) is 140 Å². The lowest BCUT2D eigenvalue weighted by atomic mass is 9.96. The fourth-order valence-electron chi connectivity index (χ4n) is 4.92. The molecule has 10 nitrogen and oxygen atoms in total. The summed E-state index contributed by atoms with van der Waals surface area (Å²) in [5.41, 5.74) is 15.1. The summed E-state index contributed by atoms with van der Waals surface area (Å²) in [4.78, 5) is 22.7.